The summed E-state index contributed by atoms with van der Waals surface area (Å²) in [4.78, 5) is 19.8. The van der Waals surface area contributed by atoms with E-state index >= 15 is 0 Å². The van der Waals surface area contributed by atoms with Gasteiger partial charge in [0.2, 0.25) is 0 Å². The second kappa shape index (κ2) is 9.38. The van der Waals surface area contributed by atoms with E-state index in [0.717, 1.165) is 19.3 Å². The zero-order chi connectivity index (χ0) is 23.9. The molecular formula is C29H36N4OS. The fraction of sp³-hybridized carbons (Fsp3) is 0.483. The van der Waals surface area contributed by atoms with Crippen molar-refractivity contribution in [1.82, 2.24) is 14.8 Å². The van der Waals surface area contributed by atoms with Crippen LogP contribution in [0.15, 0.2) is 42.6 Å². The highest BCUT2D eigenvalue weighted by Crippen LogP contribution is 2.44. The molecule has 3 aliphatic rings. The topological polar surface area (TPSA) is 40.5 Å². The van der Waals surface area contributed by atoms with E-state index in [1.54, 1.807) is 0 Å². The Labute approximate surface area is 212 Å². The molecule has 1 saturated carbocycles. The summed E-state index contributed by atoms with van der Waals surface area (Å²) >= 11 is 1.95. The van der Waals surface area contributed by atoms with Crippen LogP contribution in [-0.2, 0) is 19.4 Å². The molecule has 6 rings (SSSR count). The Morgan fingerprint density at radius 1 is 0.971 bits per heavy atom. The van der Waals surface area contributed by atoms with E-state index in [4.69, 9.17) is 0 Å². The van der Waals surface area contributed by atoms with Crippen LogP contribution in [0.4, 0.5) is 10.5 Å². The van der Waals surface area contributed by atoms with Gasteiger partial charge >= 0.3 is 6.03 Å². The molecule has 1 atom stereocenters. The molecular weight excluding hydrogens is 452 g/mol. The van der Waals surface area contributed by atoms with Gasteiger partial charge in [-0.25, -0.2) is 4.79 Å². The van der Waals surface area contributed by atoms with Gasteiger partial charge in [-0.1, -0.05) is 31.4 Å². The number of carbonyl (C=O) groups is 1. The van der Waals surface area contributed by atoms with Crippen molar-refractivity contribution in [2.75, 3.05) is 19.0 Å². The molecule has 184 valence electrons. The Morgan fingerprint density at radius 2 is 1.74 bits per heavy atom. The summed E-state index contributed by atoms with van der Waals surface area (Å²) in [5.41, 5.74) is 6.39. The molecule has 2 aromatic heterocycles. The summed E-state index contributed by atoms with van der Waals surface area (Å²) in [6.07, 6.45) is 12.9. The molecule has 0 spiro atoms. The third kappa shape index (κ3) is 4.16. The number of hydrogen-bond donors (Lipinski definition) is 1. The van der Waals surface area contributed by atoms with Gasteiger partial charge in [0.1, 0.15) is 5.00 Å². The molecule has 0 radical (unpaired) electrons. The van der Waals surface area contributed by atoms with Crippen LogP contribution in [-0.4, -0.2) is 35.6 Å². The van der Waals surface area contributed by atoms with Gasteiger partial charge in [-0.05, 0) is 73.9 Å². The fourth-order valence-corrected chi connectivity index (χ4v) is 7.60. The van der Waals surface area contributed by atoms with Gasteiger partial charge in [0.25, 0.3) is 0 Å². The Kier molecular flexibility index (Phi) is 6.09. The average Bonchev–Trinajstić information content (AvgIpc) is 3.46. The summed E-state index contributed by atoms with van der Waals surface area (Å²) < 4.78 is 2.37. The number of nitrogens with one attached hydrogen (secondary N) is 1. The number of hydrogen-bond acceptors (Lipinski definition) is 3. The highest BCUT2D eigenvalue weighted by Gasteiger charge is 2.36. The van der Waals surface area contributed by atoms with E-state index in [9.17, 15) is 4.79 Å². The zero-order valence-corrected chi connectivity index (χ0v) is 21.7. The molecule has 1 aromatic carbocycles. The molecule has 2 amide bonds. The lowest BCUT2D eigenvalue weighted by Gasteiger charge is -2.34. The molecule has 3 heterocycles. The number of urea groups is 1. The van der Waals surface area contributed by atoms with Gasteiger partial charge in [0.15, 0.2) is 0 Å². The minimum Gasteiger partial charge on any atom is -0.378 e. The number of aryl methyl sites for hydroxylation is 1. The van der Waals surface area contributed by atoms with Crippen molar-refractivity contribution in [3.63, 3.8) is 0 Å². The number of benzene rings is 1. The first kappa shape index (κ1) is 22.7. The highest BCUT2D eigenvalue weighted by atomic mass is 32.1. The number of amides is 2. The van der Waals surface area contributed by atoms with Gasteiger partial charge in [-0.15, -0.1) is 11.3 Å². The number of rotatable bonds is 3. The second-order valence-corrected chi connectivity index (χ2v) is 11.7. The van der Waals surface area contributed by atoms with Crippen LogP contribution < -0.4 is 10.2 Å². The zero-order valence-electron chi connectivity index (χ0n) is 20.9. The van der Waals surface area contributed by atoms with E-state index in [1.165, 1.54) is 76.5 Å². The first-order valence-corrected chi connectivity index (χ1v) is 14.1. The van der Waals surface area contributed by atoms with Gasteiger partial charge < -0.3 is 19.7 Å². The van der Waals surface area contributed by atoms with E-state index in [2.05, 4.69) is 76.4 Å². The molecule has 35 heavy (non-hydrogen) atoms. The third-order valence-electron chi connectivity index (χ3n) is 8.10. The number of thiophene rings is 1. The van der Waals surface area contributed by atoms with Crippen LogP contribution in [0.2, 0.25) is 0 Å². The number of nitrogens with zero attached hydrogens (tertiary/aromatic N) is 3. The van der Waals surface area contributed by atoms with Crippen LogP contribution in [0, 0.1) is 0 Å². The lowest BCUT2D eigenvalue weighted by atomic mass is 9.94. The standard InChI is InChI=1S/C29H36N4OS/c1-31(2)22-16-14-20(15-17-22)27-25-12-8-18-32(25)28-24(23-11-6-7-13-26(23)35-28)19-33(27)29(34)30-21-9-4-3-5-10-21/h8,12,14-18,21,27H,3-7,9-11,13,19H2,1-2H3,(H,30,34). The molecule has 2 aliphatic carbocycles. The van der Waals surface area contributed by atoms with Crippen molar-refractivity contribution in [2.24, 2.45) is 0 Å². The summed E-state index contributed by atoms with van der Waals surface area (Å²) in [7, 11) is 4.13. The normalized spacial score (nSPS) is 19.9. The molecule has 1 aliphatic heterocycles. The summed E-state index contributed by atoms with van der Waals surface area (Å²) in [5, 5.41) is 4.76. The lowest BCUT2D eigenvalue weighted by Crippen LogP contribution is -2.46. The molecule has 1 fully saturated rings. The first-order valence-electron chi connectivity index (χ1n) is 13.3. The van der Waals surface area contributed by atoms with E-state index in [-0.39, 0.29) is 12.1 Å². The lowest BCUT2D eigenvalue weighted by molar-refractivity contribution is 0.173. The quantitative estimate of drug-likeness (QED) is 0.461. The second-order valence-electron chi connectivity index (χ2n) is 10.6. The number of anilines is 1. The maximum atomic E-state index is 14.0. The SMILES string of the molecule is CN(C)c1ccc(C2c3cccn3-c3sc4c(c3CN2C(=O)NC2CCCCC2)CCCC4)cc1. The Bertz CT molecular complexity index is 1200. The van der Waals surface area contributed by atoms with E-state index in [0.29, 0.717) is 12.6 Å². The Hall–Kier alpha value is -2.73. The molecule has 3 aromatic rings. The predicted molar refractivity (Wildman–Crippen MR) is 144 cm³/mol. The number of aromatic nitrogens is 1. The van der Waals surface area contributed by atoms with Crippen molar-refractivity contribution in [2.45, 2.75) is 76.4 Å². The van der Waals surface area contributed by atoms with Crippen LogP contribution >= 0.6 is 11.3 Å². The van der Waals surface area contributed by atoms with E-state index in [1.807, 2.05) is 11.3 Å². The maximum Gasteiger partial charge on any atom is 0.318 e. The van der Waals surface area contributed by atoms with Gasteiger partial charge in [-0.3, -0.25) is 0 Å². The molecule has 6 heteroatoms. The number of carbonyl (C=O) groups excluding carboxylic acids is 1. The van der Waals surface area contributed by atoms with E-state index < -0.39 is 0 Å². The monoisotopic (exact) mass is 488 g/mol. The van der Waals surface area contributed by atoms with Crippen molar-refractivity contribution >= 4 is 23.1 Å². The van der Waals surface area contributed by atoms with Crippen LogP contribution in [0.3, 0.4) is 0 Å². The van der Waals surface area contributed by atoms with Crippen LogP contribution in [0.1, 0.15) is 78.2 Å². The fourth-order valence-electron chi connectivity index (χ4n) is 6.20. The molecule has 5 nitrogen and oxygen atoms in total. The maximum absolute atomic E-state index is 14.0. The minimum absolute atomic E-state index is 0.0787. The molecule has 0 saturated heterocycles. The van der Waals surface area contributed by atoms with Gasteiger partial charge in [-0.2, -0.15) is 0 Å². The van der Waals surface area contributed by atoms with Crippen LogP contribution in [0.25, 0.3) is 5.00 Å². The Balaban J connectivity index is 1.45. The van der Waals surface area contributed by atoms with Crippen LogP contribution in [0.5, 0.6) is 0 Å². The van der Waals surface area contributed by atoms with Crippen molar-refractivity contribution in [3.8, 4) is 5.00 Å². The Morgan fingerprint density at radius 3 is 2.51 bits per heavy atom. The molecule has 1 N–H and O–H groups in total. The van der Waals surface area contributed by atoms with Crippen molar-refractivity contribution in [1.29, 1.82) is 0 Å². The molecule has 1 unspecified atom stereocenters. The highest BCUT2D eigenvalue weighted by molar-refractivity contribution is 7.15. The summed E-state index contributed by atoms with van der Waals surface area (Å²) in [6, 6.07) is 13.3. The average molecular weight is 489 g/mol. The number of fused-ring (bicyclic) bond motifs is 5. The van der Waals surface area contributed by atoms with Gasteiger partial charge in [0, 0.05) is 42.5 Å². The minimum atomic E-state index is -0.122. The third-order valence-corrected chi connectivity index (χ3v) is 9.43. The summed E-state index contributed by atoms with van der Waals surface area (Å²) in [5.74, 6) is 0. The predicted octanol–water partition coefficient (Wildman–Crippen LogP) is 6.43. The largest absolute Gasteiger partial charge is 0.378 e. The first-order chi connectivity index (χ1) is 17.1. The molecule has 0 bridgehead atoms. The smallest absolute Gasteiger partial charge is 0.318 e. The van der Waals surface area contributed by atoms with Crippen molar-refractivity contribution in [3.05, 3.63) is 69.9 Å². The van der Waals surface area contributed by atoms with Crippen molar-refractivity contribution < 1.29 is 4.79 Å². The van der Waals surface area contributed by atoms with Gasteiger partial charge in [0.05, 0.1) is 18.3 Å². The summed E-state index contributed by atoms with van der Waals surface area (Å²) in [6.45, 7) is 0.668.